The Bertz CT molecular complexity index is 939. The normalized spacial score (nSPS) is 22.9. The van der Waals surface area contributed by atoms with Crippen molar-refractivity contribution >= 4 is 22.8 Å². The summed E-state index contributed by atoms with van der Waals surface area (Å²) < 4.78 is 7.10. The van der Waals surface area contributed by atoms with Crippen molar-refractivity contribution in [2.24, 2.45) is 0 Å². The molecule has 1 saturated heterocycles. The molecule has 0 aliphatic carbocycles. The van der Waals surface area contributed by atoms with Crippen LogP contribution in [-0.4, -0.2) is 65.0 Å². The van der Waals surface area contributed by atoms with Gasteiger partial charge in [0.05, 0.1) is 6.33 Å². The van der Waals surface area contributed by atoms with Crippen LogP contribution in [0.3, 0.4) is 0 Å². The maximum absolute atomic E-state index is 12.8. The molecular weight excluding hydrogens is 462 g/mol. The molecule has 5 N–H and O–H groups in total. The summed E-state index contributed by atoms with van der Waals surface area (Å²) in [5.41, 5.74) is 6.45. The summed E-state index contributed by atoms with van der Waals surface area (Å²) in [5, 5.41) is 31.4. The average molecular weight is 506 g/mol. The first-order chi connectivity index (χ1) is 17.5. The highest BCUT2D eigenvalue weighted by Crippen LogP contribution is 2.33. The lowest BCUT2D eigenvalue weighted by Gasteiger charge is -2.17. The van der Waals surface area contributed by atoms with Crippen LogP contribution in [0, 0.1) is 0 Å². The topological polar surface area (TPSA) is 157 Å². The molecule has 2 aromatic rings. The van der Waals surface area contributed by atoms with E-state index in [1.807, 2.05) is 0 Å². The van der Waals surface area contributed by atoms with Crippen LogP contribution in [0.15, 0.2) is 12.7 Å². The number of rotatable bonds is 17. The van der Waals surface area contributed by atoms with Crippen LogP contribution < -0.4 is 5.73 Å². The Hall–Kier alpha value is -2.14. The molecule has 3 rings (SSSR count). The highest BCUT2D eigenvalue weighted by atomic mass is 16.6. The second-order valence-electron chi connectivity index (χ2n) is 9.96. The first kappa shape index (κ1) is 28.4. The first-order valence-corrected chi connectivity index (χ1v) is 13.6. The van der Waals surface area contributed by atoms with E-state index in [1.54, 1.807) is 0 Å². The molecule has 1 unspecified atom stereocenters. The summed E-state index contributed by atoms with van der Waals surface area (Å²) in [5.74, 6) is -0.450. The predicted molar refractivity (Wildman–Crippen MR) is 137 cm³/mol. The average Bonchev–Trinajstić information content (AvgIpc) is 3.43. The van der Waals surface area contributed by atoms with Crippen molar-refractivity contribution in [3.05, 3.63) is 12.7 Å². The maximum Gasteiger partial charge on any atom is 0.192 e. The lowest BCUT2D eigenvalue weighted by atomic mass is 9.98. The van der Waals surface area contributed by atoms with Gasteiger partial charge in [0.25, 0.3) is 0 Å². The van der Waals surface area contributed by atoms with Gasteiger partial charge in [0.15, 0.2) is 23.5 Å². The Morgan fingerprint density at radius 1 is 0.944 bits per heavy atom. The van der Waals surface area contributed by atoms with Gasteiger partial charge >= 0.3 is 0 Å². The van der Waals surface area contributed by atoms with Crippen molar-refractivity contribution in [3.63, 3.8) is 0 Å². The van der Waals surface area contributed by atoms with Crippen LogP contribution in [0.1, 0.15) is 103 Å². The highest BCUT2D eigenvalue weighted by Gasteiger charge is 2.48. The van der Waals surface area contributed by atoms with Gasteiger partial charge in [-0.05, 0) is 6.42 Å². The summed E-state index contributed by atoms with van der Waals surface area (Å²) in [4.78, 5) is 24.9. The Kier molecular flexibility index (Phi) is 11.5. The van der Waals surface area contributed by atoms with E-state index in [-0.39, 0.29) is 5.82 Å². The number of hydrogen-bond donors (Lipinski definition) is 4. The van der Waals surface area contributed by atoms with E-state index >= 15 is 0 Å². The standard InChI is InChI=1S/C26H43N5O5/c1-2-3-4-5-6-7-8-9-10-11-12-13-14-15-18(32)20(33)23-21(34)22(35)26(36-23)31-17-30-19-24(27)28-16-29-25(19)31/h16-18,21-23,26,32,34-35H,2-15H2,1H3,(H2,27,28,29)/t18?,21-,22+,23+,26+/m0/s1. The number of fused-ring (bicyclic) bond motifs is 1. The van der Waals surface area contributed by atoms with E-state index in [4.69, 9.17) is 10.5 Å². The van der Waals surface area contributed by atoms with Gasteiger partial charge in [-0.3, -0.25) is 9.36 Å². The lowest BCUT2D eigenvalue weighted by molar-refractivity contribution is -0.144. The van der Waals surface area contributed by atoms with E-state index in [0.717, 1.165) is 19.3 Å². The molecule has 0 radical (unpaired) electrons. The van der Waals surface area contributed by atoms with Gasteiger partial charge in [0.1, 0.15) is 36.3 Å². The van der Waals surface area contributed by atoms with Gasteiger partial charge in [0, 0.05) is 0 Å². The molecule has 202 valence electrons. The Balaban J connectivity index is 1.34. The van der Waals surface area contributed by atoms with Crippen molar-refractivity contribution in [1.29, 1.82) is 0 Å². The van der Waals surface area contributed by atoms with E-state index in [9.17, 15) is 20.1 Å². The van der Waals surface area contributed by atoms with E-state index < -0.39 is 36.4 Å². The molecule has 1 aliphatic heterocycles. The summed E-state index contributed by atoms with van der Waals surface area (Å²) in [6, 6.07) is 0. The van der Waals surface area contributed by atoms with Crippen LogP contribution in [0.4, 0.5) is 5.82 Å². The third-order valence-corrected chi connectivity index (χ3v) is 7.09. The zero-order valence-electron chi connectivity index (χ0n) is 21.5. The molecule has 36 heavy (non-hydrogen) atoms. The molecule has 10 heteroatoms. The zero-order chi connectivity index (χ0) is 25.9. The van der Waals surface area contributed by atoms with E-state index in [0.29, 0.717) is 17.6 Å². The minimum atomic E-state index is -1.47. The van der Waals surface area contributed by atoms with Crippen LogP contribution in [-0.2, 0) is 9.53 Å². The third-order valence-electron chi connectivity index (χ3n) is 7.09. The van der Waals surface area contributed by atoms with Crippen molar-refractivity contribution in [1.82, 2.24) is 19.5 Å². The van der Waals surface area contributed by atoms with Crippen LogP contribution in [0.2, 0.25) is 0 Å². The fourth-order valence-electron chi connectivity index (χ4n) is 4.87. The van der Waals surface area contributed by atoms with Crippen molar-refractivity contribution in [2.75, 3.05) is 5.73 Å². The van der Waals surface area contributed by atoms with Crippen LogP contribution in [0.25, 0.3) is 11.2 Å². The van der Waals surface area contributed by atoms with Gasteiger partial charge in [-0.1, -0.05) is 90.4 Å². The summed E-state index contributed by atoms with van der Waals surface area (Å²) in [6.07, 6.45) is 12.2. The van der Waals surface area contributed by atoms with Gasteiger partial charge in [-0.2, -0.15) is 0 Å². The molecule has 10 nitrogen and oxygen atoms in total. The van der Waals surface area contributed by atoms with Crippen molar-refractivity contribution in [2.45, 2.75) is 127 Å². The second-order valence-corrected chi connectivity index (χ2v) is 9.96. The molecule has 0 bridgehead atoms. The number of carbonyl (C=O) groups is 1. The summed E-state index contributed by atoms with van der Waals surface area (Å²) in [7, 11) is 0. The number of imidazole rings is 1. The number of Topliss-reactive ketones (excluding diaryl/α,β-unsaturated/α-hetero) is 1. The number of aromatic nitrogens is 4. The summed E-state index contributed by atoms with van der Waals surface area (Å²) in [6.45, 7) is 2.24. The number of nitrogen functional groups attached to an aromatic ring is 1. The van der Waals surface area contributed by atoms with Gasteiger partial charge in [0.2, 0.25) is 0 Å². The van der Waals surface area contributed by atoms with Crippen LogP contribution in [0.5, 0.6) is 0 Å². The molecule has 2 aromatic heterocycles. The van der Waals surface area contributed by atoms with Gasteiger partial charge in [-0.25, -0.2) is 15.0 Å². The Morgan fingerprint density at radius 3 is 2.14 bits per heavy atom. The van der Waals surface area contributed by atoms with Gasteiger partial charge < -0.3 is 25.8 Å². The highest BCUT2D eigenvalue weighted by molar-refractivity contribution is 5.88. The Morgan fingerprint density at radius 2 is 1.53 bits per heavy atom. The number of aliphatic hydroxyl groups excluding tert-OH is 3. The fraction of sp³-hybridized carbons (Fsp3) is 0.769. The third kappa shape index (κ3) is 7.44. The molecule has 0 spiro atoms. The largest absolute Gasteiger partial charge is 0.387 e. The van der Waals surface area contributed by atoms with Crippen LogP contribution >= 0.6 is 0 Å². The minimum absolute atomic E-state index is 0.174. The van der Waals surface area contributed by atoms with Crippen molar-refractivity contribution < 1.29 is 24.9 Å². The Labute approximate surface area is 213 Å². The quantitative estimate of drug-likeness (QED) is 0.236. The number of ketones is 1. The molecule has 0 aromatic carbocycles. The number of anilines is 1. The monoisotopic (exact) mass is 505 g/mol. The second kappa shape index (κ2) is 14.6. The predicted octanol–water partition coefficient (Wildman–Crippen LogP) is 3.44. The maximum atomic E-state index is 12.8. The van der Waals surface area contributed by atoms with Crippen molar-refractivity contribution in [3.8, 4) is 0 Å². The van der Waals surface area contributed by atoms with E-state index in [2.05, 4.69) is 21.9 Å². The van der Waals surface area contributed by atoms with E-state index in [1.165, 1.54) is 81.4 Å². The summed E-state index contributed by atoms with van der Waals surface area (Å²) >= 11 is 0. The number of carbonyl (C=O) groups excluding carboxylic acids is 1. The molecule has 0 saturated carbocycles. The molecule has 1 fully saturated rings. The molecular formula is C26H43N5O5. The first-order valence-electron chi connectivity index (χ1n) is 13.6. The fourth-order valence-corrected chi connectivity index (χ4v) is 4.87. The molecule has 3 heterocycles. The molecule has 5 atom stereocenters. The number of hydrogen-bond acceptors (Lipinski definition) is 9. The zero-order valence-corrected chi connectivity index (χ0v) is 21.5. The SMILES string of the molecule is CCCCCCCCCCCCCCCC(O)C(=O)[C@H]1O[C@@H](n2cnc3c(N)ncnc32)[C@H](O)[C@@H]1O. The molecule has 1 aliphatic rings. The number of unbranched alkanes of at least 4 members (excludes halogenated alkanes) is 12. The van der Waals surface area contributed by atoms with Gasteiger partial charge in [-0.15, -0.1) is 0 Å². The minimum Gasteiger partial charge on any atom is -0.387 e. The number of ether oxygens (including phenoxy) is 1. The number of nitrogens with zero attached hydrogens (tertiary/aromatic N) is 4. The lowest BCUT2D eigenvalue weighted by Crippen LogP contribution is -2.41. The number of aliphatic hydroxyl groups is 3. The smallest absolute Gasteiger partial charge is 0.192 e. The molecule has 0 amide bonds. The number of nitrogens with two attached hydrogens (primary N) is 1.